The first-order chi connectivity index (χ1) is 14.0. The van der Waals surface area contributed by atoms with Crippen molar-refractivity contribution in [2.24, 2.45) is 0 Å². The van der Waals surface area contributed by atoms with Crippen molar-refractivity contribution in [2.45, 2.75) is 13.5 Å². The van der Waals surface area contributed by atoms with Crippen molar-refractivity contribution in [3.8, 4) is 17.2 Å². The highest BCUT2D eigenvalue weighted by atomic mass is 127. The molecule has 5 nitrogen and oxygen atoms in total. The highest BCUT2D eigenvalue weighted by Crippen LogP contribution is 2.35. The Kier molecular flexibility index (Phi) is 6.98. The van der Waals surface area contributed by atoms with Gasteiger partial charge in [0.25, 0.3) is 5.91 Å². The lowest BCUT2D eigenvalue weighted by molar-refractivity contribution is 0.102. The Hall–Kier alpha value is -2.74. The van der Waals surface area contributed by atoms with Crippen LogP contribution in [0.25, 0.3) is 0 Å². The van der Waals surface area contributed by atoms with Crippen LogP contribution in [-0.2, 0) is 6.61 Å². The Morgan fingerprint density at radius 3 is 2.45 bits per heavy atom. The first kappa shape index (κ1) is 21.0. The quantitative estimate of drug-likeness (QED) is 0.436. The molecule has 1 amide bonds. The SMILES string of the molecule is COc1cccc(NC(=O)c2cc(I)c(OCc3ccc(C)cc3)c(OC)c2)c1. The number of aryl methyl sites for hydroxylation is 1. The third kappa shape index (κ3) is 5.41. The van der Waals surface area contributed by atoms with E-state index in [0.29, 0.717) is 35.1 Å². The van der Waals surface area contributed by atoms with Crippen molar-refractivity contribution in [3.05, 3.63) is 80.9 Å². The lowest BCUT2D eigenvalue weighted by Crippen LogP contribution is -2.13. The van der Waals surface area contributed by atoms with E-state index in [9.17, 15) is 4.79 Å². The molecule has 3 aromatic rings. The second-order valence-electron chi connectivity index (χ2n) is 6.45. The Morgan fingerprint density at radius 2 is 1.76 bits per heavy atom. The zero-order valence-electron chi connectivity index (χ0n) is 16.5. The van der Waals surface area contributed by atoms with Crippen LogP contribution in [0.15, 0.2) is 60.7 Å². The fourth-order valence-corrected chi connectivity index (χ4v) is 3.49. The van der Waals surface area contributed by atoms with Crippen molar-refractivity contribution in [1.82, 2.24) is 0 Å². The first-order valence-electron chi connectivity index (χ1n) is 9.01. The molecule has 0 aromatic heterocycles. The van der Waals surface area contributed by atoms with Gasteiger partial charge in [0.1, 0.15) is 12.4 Å². The summed E-state index contributed by atoms with van der Waals surface area (Å²) in [5.41, 5.74) is 3.40. The molecule has 0 aliphatic carbocycles. The minimum absolute atomic E-state index is 0.237. The number of rotatable bonds is 7. The highest BCUT2D eigenvalue weighted by Gasteiger charge is 2.16. The number of carbonyl (C=O) groups is 1. The summed E-state index contributed by atoms with van der Waals surface area (Å²) in [6.07, 6.45) is 0. The van der Waals surface area contributed by atoms with Gasteiger partial charge in [0.2, 0.25) is 0 Å². The van der Waals surface area contributed by atoms with Gasteiger partial charge < -0.3 is 19.5 Å². The molecule has 0 spiro atoms. The second kappa shape index (κ2) is 9.65. The summed E-state index contributed by atoms with van der Waals surface area (Å²) in [4.78, 5) is 12.7. The number of anilines is 1. The fraction of sp³-hybridized carbons (Fsp3) is 0.174. The number of nitrogens with one attached hydrogen (secondary N) is 1. The van der Waals surface area contributed by atoms with Crippen molar-refractivity contribution in [3.63, 3.8) is 0 Å². The molecule has 0 radical (unpaired) electrons. The summed E-state index contributed by atoms with van der Waals surface area (Å²) in [5.74, 6) is 1.57. The predicted molar refractivity (Wildman–Crippen MR) is 122 cm³/mol. The molecule has 0 aliphatic heterocycles. The van der Waals surface area contributed by atoms with Crippen molar-refractivity contribution >= 4 is 34.2 Å². The Balaban J connectivity index is 1.77. The largest absolute Gasteiger partial charge is 0.497 e. The first-order valence-corrected chi connectivity index (χ1v) is 10.1. The molecule has 29 heavy (non-hydrogen) atoms. The molecule has 3 rings (SSSR count). The normalized spacial score (nSPS) is 10.3. The standard InChI is InChI=1S/C23H22INO4/c1-15-7-9-16(10-8-15)14-29-22-20(24)11-17(12-21(22)28-3)23(26)25-18-5-4-6-19(13-18)27-2/h4-13H,14H2,1-3H3,(H,25,26). The van der Waals surface area contributed by atoms with Crippen LogP contribution in [0.2, 0.25) is 0 Å². The number of methoxy groups -OCH3 is 2. The van der Waals surface area contributed by atoms with Crippen LogP contribution >= 0.6 is 22.6 Å². The lowest BCUT2D eigenvalue weighted by atomic mass is 10.1. The minimum Gasteiger partial charge on any atom is -0.497 e. The van der Waals surface area contributed by atoms with Gasteiger partial charge in [-0.05, 0) is 59.3 Å². The van der Waals surface area contributed by atoms with Crippen molar-refractivity contribution in [1.29, 1.82) is 0 Å². The van der Waals surface area contributed by atoms with Gasteiger partial charge in [0, 0.05) is 17.3 Å². The van der Waals surface area contributed by atoms with Crippen LogP contribution in [0.1, 0.15) is 21.5 Å². The van der Waals surface area contributed by atoms with E-state index in [0.717, 1.165) is 9.13 Å². The van der Waals surface area contributed by atoms with E-state index in [2.05, 4.69) is 27.9 Å². The van der Waals surface area contributed by atoms with E-state index < -0.39 is 0 Å². The number of benzene rings is 3. The summed E-state index contributed by atoms with van der Waals surface area (Å²) in [6.45, 7) is 2.47. The average molecular weight is 503 g/mol. The van der Waals surface area contributed by atoms with Gasteiger partial charge in [-0.15, -0.1) is 0 Å². The van der Waals surface area contributed by atoms with E-state index in [-0.39, 0.29) is 5.91 Å². The highest BCUT2D eigenvalue weighted by molar-refractivity contribution is 14.1. The molecule has 0 bridgehead atoms. The Labute approximate surface area is 184 Å². The van der Waals surface area contributed by atoms with Gasteiger partial charge in [0.15, 0.2) is 11.5 Å². The van der Waals surface area contributed by atoms with E-state index in [1.807, 2.05) is 49.4 Å². The molecule has 1 N–H and O–H groups in total. The van der Waals surface area contributed by atoms with Crippen LogP contribution in [0, 0.1) is 10.5 Å². The van der Waals surface area contributed by atoms with Gasteiger partial charge in [-0.3, -0.25) is 4.79 Å². The van der Waals surface area contributed by atoms with E-state index in [4.69, 9.17) is 14.2 Å². The number of ether oxygens (including phenoxy) is 3. The monoisotopic (exact) mass is 503 g/mol. The summed E-state index contributed by atoms with van der Waals surface area (Å²) >= 11 is 2.15. The summed E-state index contributed by atoms with van der Waals surface area (Å²) in [6, 6.07) is 18.8. The fourth-order valence-electron chi connectivity index (χ4n) is 2.73. The van der Waals surface area contributed by atoms with Crippen LogP contribution in [0.5, 0.6) is 17.2 Å². The van der Waals surface area contributed by atoms with Gasteiger partial charge in [-0.25, -0.2) is 0 Å². The molecule has 0 saturated carbocycles. The molecule has 0 heterocycles. The van der Waals surface area contributed by atoms with Crippen LogP contribution in [0.4, 0.5) is 5.69 Å². The lowest BCUT2D eigenvalue weighted by Gasteiger charge is -2.15. The smallest absolute Gasteiger partial charge is 0.255 e. The van der Waals surface area contributed by atoms with Gasteiger partial charge in [0.05, 0.1) is 17.8 Å². The van der Waals surface area contributed by atoms with Gasteiger partial charge in [-0.1, -0.05) is 35.9 Å². The van der Waals surface area contributed by atoms with Gasteiger partial charge in [-0.2, -0.15) is 0 Å². The number of amides is 1. The molecule has 0 fully saturated rings. The van der Waals surface area contributed by atoms with Crippen LogP contribution < -0.4 is 19.5 Å². The third-order valence-electron chi connectivity index (χ3n) is 4.32. The predicted octanol–water partition coefficient (Wildman–Crippen LogP) is 5.45. The van der Waals surface area contributed by atoms with Crippen LogP contribution in [0.3, 0.4) is 0 Å². The maximum atomic E-state index is 12.7. The Bertz CT molecular complexity index is 1000. The zero-order valence-corrected chi connectivity index (χ0v) is 18.6. The number of halogens is 1. The average Bonchev–Trinajstić information content (AvgIpc) is 2.73. The van der Waals surface area contributed by atoms with E-state index in [1.165, 1.54) is 5.56 Å². The molecule has 0 unspecified atom stereocenters. The minimum atomic E-state index is -0.237. The second-order valence-corrected chi connectivity index (χ2v) is 7.61. The Morgan fingerprint density at radius 1 is 1.00 bits per heavy atom. The van der Waals surface area contributed by atoms with Gasteiger partial charge >= 0.3 is 0 Å². The molecule has 0 atom stereocenters. The molecule has 0 aliphatic rings. The topological polar surface area (TPSA) is 56.8 Å². The molecule has 3 aromatic carbocycles. The summed E-state index contributed by atoms with van der Waals surface area (Å²) in [7, 11) is 3.15. The molecular formula is C23H22INO4. The maximum absolute atomic E-state index is 12.7. The van der Waals surface area contributed by atoms with Crippen molar-refractivity contribution < 1.29 is 19.0 Å². The third-order valence-corrected chi connectivity index (χ3v) is 5.12. The van der Waals surface area contributed by atoms with Crippen LogP contribution in [-0.4, -0.2) is 20.1 Å². The van der Waals surface area contributed by atoms with Crippen molar-refractivity contribution in [2.75, 3.05) is 19.5 Å². The number of carbonyl (C=O) groups excluding carboxylic acids is 1. The summed E-state index contributed by atoms with van der Waals surface area (Å²) in [5, 5.41) is 2.88. The van der Waals surface area contributed by atoms with E-state index in [1.54, 1.807) is 32.4 Å². The summed E-state index contributed by atoms with van der Waals surface area (Å²) < 4.78 is 17.5. The molecule has 6 heteroatoms. The molecular weight excluding hydrogens is 481 g/mol. The maximum Gasteiger partial charge on any atom is 0.255 e. The van der Waals surface area contributed by atoms with E-state index >= 15 is 0 Å². The number of hydrogen-bond donors (Lipinski definition) is 1. The molecule has 150 valence electrons. The molecule has 0 saturated heterocycles. The zero-order chi connectivity index (χ0) is 20.8. The number of hydrogen-bond acceptors (Lipinski definition) is 4.